The zero-order chi connectivity index (χ0) is 14.5. The first-order valence-electron chi connectivity index (χ1n) is 6.53. The largest absolute Gasteiger partial charge is 0.391 e. The summed E-state index contributed by atoms with van der Waals surface area (Å²) < 4.78 is 0. The van der Waals surface area contributed by atoms with E-state index in [0.29, 0.717) is 5.56 Å². The monoisotopic (exact) mass is 290 g/mol. The lowest BCUT2D eigenvalue weighted by molar-refractivity contribution is 0.0871. The quantitative estimate of drug-likeness (QED) is 0.889. The van der Waals surface area contributed by atoms with Gasteiger partial charge in [0.2, 0.25) is 0 Å². The number of amides is 1. The molecule has 4 nitrogen and oxygen atoms in total. The van der Waals surface area contributed by atoms with Gasteiger partial charge in [0.1, 0.15) is 0 Å². The Bertz CT molecular complexity index is 550. The van der Waals surface area contributed by atoms with Gasteiger partial charge in [-0.05, 0) is 18.1 Å². The molecule has 0 aliphatic rings. The molecular weight excluding hydrogens is 272 g/mol. The van der Waals surface area contributed by atoms with Gasteiger partial charge in [-0.25, -0.2) is 4.98 Å². The van der Waals surface area contributed by atoms with Crippen molar-refractivity contribution in [2.24, 2.45) is 5.92 Å². The van der Waals surface area contributed by atoms with E-state index >= 15 is 0 Å². The van der Waals surface area contributed by atoms with E-state index < -0.39 is 6.10 Å². The maximum Gasteiger partial charge on any atom is 0.251 e. The molecule has 0 spiro atoms. The Morgan fingerprint density at radius 1 is 1.35 bits per heavy atom. The Morgan fingerprint density at radius 2 is 2.05 bits per heavy atom. The fourth-order valence-corrected chi connectivity index (χ4v) is 2.24. The van der Waals surface area contributed by atoms with E-state index in [0.717, 1.165) is 11.3 Å². The maximum absolute atomic E-state index is 11.9. The van der Waals surface area contributed by atoms with Gasteiger partial charge < -0.3 is 10.4 Å². The Morgan fingerprint density at radius 3 is 2.60 bits per heavy atom. The Balaban J connectivity index is 1.98. The Hall–Kier alpha value is -1.72. The molecule has 106 valence electrons. The molecule has 0 radical (unpaired) electrons. The molecule has 1 heterocycles. The highest BCUT2D eigenvalue weighted by Crippen LogP contribution is 2.19. The van der Waals surface area contributed by atoms with Crippen molar-refractivity contribution in [2.45, 2.75) is 20.0 Å². The molecule has 2 aromatic rings. The van der Waals surface area contributed by atoms with Gasteiger partial charge in [0.25, 0.3) is 5.91 Å². The van der Waals surface area contributed by atoms with Gasteiger partial charge in [-0.2, -0.15) is 0 Å². The van der Waals surface area contributed by atoms with Crippen molar-refractivity contribution in [2.75, 3.05) is 6.54 Å². The van der Waals surface area contributed by atoms with E-state index in [1.54, 1.807) is 29.0 Å². The van der Waals surface area contributed by atoms with Crippen LogP contribution in [0.25, 0.3) is 11.3 Å². The van der Waals surface area contributed by atoms with E-state index in [1.807, 2.05) is 31.4 Å². The zero-order valence-electron chi connectivity index (χ0n) is 11.5. The van der Waals surface area contributed by atoms with Gasteiger partial charge in [-0.15, -0.1) is 11.3 Å². The first-order chi connectivity index (χ1) is 9.58. The van der Waals surface area contributed by atoms with Gasteiger partial charge in [-0.3, -0.25) is 4.79 Å². The van der Waals surface area contributed by atoms with Gasteiger partial charge in [0, 0.05) is 23.1 Å². The lowest BCUT2D eigenvalue weighted by Gasteiger charge is -2.15. The van der Waals surface area contributed by atoms with Gasteiger partial charge in [0.05, 0.1) is 17.3 Å². The van der Waals surface area contributed by atoms with Gasteiger partial charge >= 0.3 is 0 Å². The molecule has 1 aromatic carbocycles. The number of carbonyl (C=O) groups excluding carboxylic acids is 1. The summed E-state index contributed by atoms with van der Waals surface area (Å²) in [5, 5.41) is 14.4. The topological polar surface area (TPSA) is 62.2 Å². The lowest BCUT2D eigenvalue weighted by atomic mass is 10.1. The second-order valence-corrected chi connectivity index (χ2v) is 5.69. The molecule has 2 N–H and O–H groups in total. The number of aliphatic hydroxyl groups is 1. The molecule has 0 bridgehead atoms. The predicted molar refractivity (Wildman–Crippen MR) is 80.7 cm³/mol. The van der Waals surface area contributed by atoms with Crippen molar-refractivity contribution >= 4 is 17.2 Å². The van der Waals surface area contributed by atoms with Crippen molar-refractivity contribution in [3.8, 4) is 11.3 Å². The maximum atomic E-state index is 11.9. The highest BCUT2D eigenvalue weighted by molar-refractivity contribution is 7.07. The minimum Gasteiger partial charge on any atom is -0.391 e. The average molecular weight is 290 g/mol. The predicted octanol–water partition coefficient (Wildman–Crippen LogP) is 2.56. The molecule has 0 saturated carbocycles. The molecule has 5 heteroatoms. The lowest BCUT2D eigenvalue weighted by Crippen LogP contribution is -2.34. The van der Waals surface area contributed by atoms with E-state index in [4.69, 9.17) is 0 Å². The number of hydrogen-bond acceptors (Lipinski definition) is 4. The van der Waals surface area contributed by atoms with Crippen LogP contribution >= 0.6 is 11.3 Å². The van der Waals surface area contributed by atoms with Crippen LogP contribution in [0.5, 0.6) is 0 Å². The summed E-state index contributed by atoms with van der Waals surface area (Å²) in [7, 11) is 0. The molecule has 2 rings (SSSR count). The molecule has 20 heavy (non-hydrogen) atoms. The normalized spacial score (nSPS) is 12.4. The standard InChI is InChI=1S/C15H18N2O2S/c1-10(2)14(18)7-16-15(19)12-5-3-11(4-6-12)13-8-20-9-17-13/h3-6,8-10,14,18H,7H2,1-2H3,(H,16,19). The average Bonchev–Trinajstić information content (AvgIpc) is 2.98. The van der Waals surface area contributed by atoms with Crippen LogP contribution in [0, 0.1) is 5.92 Å². The molecule has 0 fully saturated rings. The molecular formula is C15H18N2O2S. The number of carbonyl (C=O) groups is 1. The molecule has 0 saturated heterocycles. The summed E-state index contributed by atoms with van der Waals surface area (Å²) >= 11 is 1.54. The molecule has 0 aliphatic carbocycles. The van der Waals surface area contributed by atoms with E-state index in [2.05, 4.69) is 10.3 Å². The van der Waals surface area contributed by atoms with Crippen LogP contribution < -0.4 is 5.32 Å². The molecule has 1 aromatic heterocycles. The van der Waals surface area contributed by atoms with Crippen molar-refractivity contribution < 1.29 is 9.90 Å². The Labute approximate surface area is 122 Å². The Kier molecular flexibility index (Phi) is 4.87. The fraction of sp³-hybridized carbons (Fsp3) is 0.333. The molecule has 0 aliphatic heterocycles. The smallest absolute Gasteiger partial charge is 0.251 e. The summed E-state index contributed by atoms with van der Waals surface area (Å²) in [4.78, 5) is 16.2. The van der Waals surface area contributed by atoms with Crippen LogP contribution in [0.3, 0.4) is 0 Å². The number of thiazole rings is 1. The number of aliphatic hydroxyl groups excluding tert-OH is 1. The van der Waals surface area contributed by atoms with Crippen molar-refractivity contribution in [1.29, 1.82) is 0 Å². The van der Waals surface area contributed by atoms with Crippen molar-refractivity contribution in [3.05, 3.63) is 40.7 Å². The highest BCUT2D eigenvalue weighted by atomic mass is 32.1. The zero-order valence-corrected chi connectivity index (χ0v) is 12.4. The summed E-state index contributed by atoms with van der Waals surface area (Å²) in [6.07, 6.45) is -0.520. The van der Waals surface area contributed by atoms with Gasteiger partial charge in [-0.1, -0.05) is 26.0 Å². The van der Waals surface area contributed by atoms with Crippen molar-refractivity contribution in [3.63, 3.8) is 0 Å². The van der Waals surface area contributed by atoms with Crippen LogP contribution in [0.1, 0.15) is 24.2 Å². The third-order valence-corrected chi connectivity index (χ3v) is 3.70. The van der Waals surface area contributed by atoms with Crippen LogP contribution in [0.2, 0.25) is 0 Å². The molecule has 1 unspecified atom stereocenters. The van der Waals surface area contributed by atoms with Crippen LogP contribution in [0.4, 0.5) is 0 Å². The minimum atomic E-state index is -0.520. The number of hydrogen-bond donors (Lipinski definition) is 2. The van der Waals surface area contributed by atoms with E-state index in [-0.39, 0.29) is 18.4 Å². The SMILES string of the molecule is CC(C)C(O)CNC(=O)c1ccc(-c2cscn2)cc1. The van der Waals surface area contributed by atoms with E-state index in [9.17, 15) is 9.90 Å². The number of benzene rings is 1. The molecule has 1 amide bonds. The molecule has 1 atom stereocenters. The number of rotatable bonds is 5. The minimum absolute atomic E-state index is 0.127. The number of aromatic nitrogens is 1. The third-order valence-electron chi connectivity index (χ3n) is 3.12. The van der Waals surface area contributed by atoms with Crippen LogP contribution in [-0.2, 0) is 0 Å². The van der Waals surface area contributed by atoms with Gasteiger partial charge in [0.15, 0.2) is 0 Å². The fourth-order valence-electron chi connectivity index (χ4n) is 1.68. The first-order valence-corrected chi connectivity index (χ1v) is 7.47. The second kappa shape index (κ2) is 6.63. The number of nitrogens with one attached hydrogen (secondary N) is 1. The summed E-state index contributed by atoms with van der Waals surface area (Å²) in [6, 6.07) is 7.29. The van der Waals surface area contributed by atoms with Crippen molar-refractivity contribution in [1.82, 2.24) is 10.3 Å². The number of nitrogens with zero attached hydrogens (tertiary/aromatic N) is 1. The van der Waals surface area contributed by atoms with Crippen LogP contribution in [-0.4, -0.2) is 28.6 Å². The summed E-state index contributed by atoms with van der Waals surface area (Å²) in [6.45, 7) is 4.10. The summed E-state index contributed by atoms with van der Waals surface area (Å²) in [5.74, 6) is -0.0446. The first kappa shape index (κ1) is 14.7. The second-order valence-electron chi connectivity index (χ2n) is 4.97. The summed E-state index contributed by atoms with van der Waals surface area (Å²) in [5.41, 5.74) is 4.27. The van der Waals surface area contributed by atoms with Crippen LogP contribution in [0.15, 0.2) is 35.2 Å². The van der Waals surface area contributed by atoms with E-state index in [1.165, 1.54) is 0 Å². The highest BCUT2D eigenvalue weighted by Gasteiger charge is 2.12. The third kappa shape index (κ3) is 3.65.